The summed E-state index contributed by atoms with van der Waals surface area (Å²) >= 11 is 0. The van der Waals surface area contributed by atoms with E-state index in [1.54, 1.807) is 18.2 Å². The Hall–Kier alpha value is -2.50. The molecular weight excluding hydrogens is 236 g/mol. The molecule has 2 aromatic rings. The summed E-state index contributed by atoms with van der Waals surface area (Å²) in [5.41, 5.74) is 0.612. The second-order valence-electron chi connectivity index (χ2n) is 3.68. The predicted molar refractivity (Wildman–Crippen MR) is 61.9 cm³/mol. The van der Waals surface area contributed by atoms with Crippen LogP contribution in [-0.2, 0) is 0 Å². The molecule has 1 aromatic carbocycles. The summed E-state index contributed by atoms with van der Waals surface area (Å²) in [5.74, 6) is 1.10. The third-order valence-corrected chi connectivity index (χ3v) is 2.46. The van der Waals surface area contributed by atoms with Gasteiger partial charge in [0.2, 0.25) is 5.76 Å². The molecule has 0 aliphatic carbocycles. The molecular formula is C12H10N2O4. The zero-order valence-corrected chi connectivity index (χ0v) is 9.38. The molecule has 92 valence electrons. The number of anilines is 1. The van der Waals surface area contributed by atoms with E-state index in [-0.39, 0.29) is 11.7 Å². The van der Waals surface area contributed by atoms with Crippen molar-refractivity contribution in [3.8, 4) is 11.5 Å². The summed E-state index contributed by atoms with van der Waals surface area (Å²) in [7, 11) is 0. The number of fused-ring (bicyclic) bond motifs is 1. The molecule has 2 heterocycles. The van der Waals surface area contributed by atoms with Gasteiger partial charge in [-0.25, -0.2) is 4.98 Å². The Labute approximate surface area is 103 Å². The molecule has 1 aliphatic rings. The van der Waals surface area contributed by atoms with E-state index in [4.69, 9.17) is 13.9 Å². The lowest BCUT2D eigenvalue weighted by Gasteiger charge is -2.18. The monoisotopic (exact) mass is 246 g/mol. The number of amides is 1. The molecule has 1 aliphatic heterocycles. The number of benzene rings is 1. The number of carbonyl (C=O) groups is 1. The number of rotatable bonds is 2. The fourth-order valence-corrected chi connectivity index (χ4v) is 1.64. The minimum absolute atomic E-state index is 0.157. The molecule has 0 atom stereocenters. The molecule has 0 fully saturated rings. The van der Waals surface area contributed by atoms with Gasteiger partial charge in [-0.2, -0.15) is 0 Å². The molecule has 1 N–H and O–H groups in total. The van der Waals surface area contributed by atoms with Gasteiger partial charge >= 0.3 is 0 Å². The fourth-order valence-electron chi connectivity index (χ4n) is 1.64. The van der Waals surface area contributed by atoms with Crippen LogP contribution in [0.2, 0.25) is 0 Å². The van der Waals surface area contributed by atoms with Crippen LogP contribution in [0.25, 0.3) is 0 Å². The predicted octanol–water partition coefficient (Wildman–Crippen LogP) is 1.70. The molecule has 1 aromatic heterocycles. The van der Waals surface area contributed by atoms with Gasteiger partial charge < -0.3 is 19.2 Å². The second-order valence-corrected chi connectivity index (χ2v) is 3.68. The zero-order chi connectivity index (χ0) is 12.4. The van der Waals surface area contributed by atoms with E-state index in [1.165, 1.54) is 12.6 Å². The molecule has 6 nitrogen and oxygen atoms in total. The average molecular weight is 246 g/mol. The van der Waals surface area contributed by atoms with Gasteiger partial charge in [0.05, 0.1) is 6.20 Å². The Kier molecular flexibility index (Phi) is 2.60. The van der Waals surface area contributed by atoms with Crippen LogP contribution < -0.4 is 14.8 Å². The lowest BCUT2D eigenvalue weighted by molar-refractivity contribution is 0.0996. The molecule has 6 heteroatoms. The van der Waals surface area contributed by atoms with Crippen molar-refractivity contribution in [2.45, 2.75) is 0 Å². The lowest BCUT2D eigenvalue weighted by Crippen LogP contribution is -2.16. The Balaban J connectivity index is 1.79. The SMILES string of the molecule is O=C(Nc1ccc2c(c1)OCCO2)c1cnco1. The Morgan fingerprint density at radius 1 is 1.22 bits per heavy atom. The maximum absolute atomic E-state index is 11.7. The van der Waals surface area contributed by atoms with Crippen LogP contribution in [0.5, 0.6) is 11.5 Å². The van der Waals surface area contributed by atoms with Gasteiger partial charge in [0.25, 0.3) is 5.91 Å². The Bertz CT molecular complexity index is 565. The van der Waals surface area contributed by atoms with Gasteiger partial charge in [-0.05, 0) is 12.1 Å². The molecule has 0 unspecified atom stereocenters. The fraction of sp³-hybridized carbons (Fsp3) is 0.167. The highest BCUT2D eigenvalue weighted by molar-refractivity contribution is 6.02. The number of nitrogens with one attached hydrogen (secondary N) is 1. The first-order valence-electron chi connectivity index (χ1n) is 5.42. The molecule has 0 radical (unpaired) electrons. The van der Waals surface area contributed by atoms with E-state index in [1.807, 2.05) is 0 Å². The number of oxazole rings is 1. The topological polar surface area (TPSA) is 73.6 Å². The molecule has 0 bridgehead atoms. The third-order valence-electron chi connectivity index (χ3n) is 2.46. The van der Waals surface area contributed by atoms with Crippen LogP contribution in [-0.4, -0.2) is 24.1 Å². The van der Waals surface area contributed by atoms with E-state index >= 15 is 0 Å². The van der Waals surface area contributed by atoms with Gasteiger partial charge in [-0.1, -0.05) is 0 Å². The van der Waals surface area contributed by atoms with E-state index in [0.29, 0.717) is 30.4 Å². The molecule has 1 amide bonds. The molecule has 0 saturated carbocycles. The van der Waals surface area contributed by atoms with Crippen LogP contribution in [0, 0.1) is 0 Å². The summed E-state index contributed by atoms with van der Waals surface area (Å²) < 4.78 is 15.7. The standard InChI is InChI=1S/C12H10N2O4/c15-12(11-6-13-7-18-11)14-8-1-2-9-10(5-8)17-4-3-16-9/h1-2,5-7H,3-4H2,(H,14,15). The van der Waals surface area contributed by atoms with Crippen molar-refractivity contribution in [1.82, 2.24) is 4.98 Å². The minimum atomic E-state index is -0.357. The van der Waals surface area contributed by atoms with Gasteiger partial charge in [0, 0.05) is 11.8 Å². The number of ether oxygens (including phenoxy) is 2. The maximum Gasteiger partial charge on any atom is 0.293 e. The van der Waals surface area contributed by atoms with Crippen LogP contribution in [0.15, 0.2) is 35.2 Å². The number of aromatic nitrogens is 1. The molecule has 18 heavy (non-hydrogen) atoms. The number of carbonyl (C=O) groups excluding carboxylic acids is 1. The van der Waals surface area contributed by atoms with Crippen LogP contribution in [0.3, 0.4) is 0 Å². The summed E-state index contributed by atoms with van der Waals surface area (Å²) in [4.78, 5) is 15.4. The maximum atomic E-state index is 11.7. The summed E-state index contributed by atoms with van der Waals surface area (Å²) in [6.45, 7) is 1.04. The average Bonchev–Trinajstić information content (AvgIpc) is 2.92. The summed E-state index contributed by atoms with van der Waals surface area (Å²) in [6.07, 6.45) is 2.56. The number of hydrogen-bond donors (Lipinski definition) is 1. The van der Waals surface area contributed by atoms with E-state index in [9.17, 15) is 4.79 Å². The second kappa shape index (κ2) is 4.40. The highest BCUT2D eigenvalue weighted by Gasteiger charge is 2.14. The minimum Gasteiger partial charge on any atom is -0.486 e. The Morgan fingerprint density at radius 2 is 2.06 bits per heavy atom. The van der Waals surface area contributed by atoms with Crippen molar-refractivity contribution in [3.63, 3.8) is 0 Å². The third kappa shape index (κ3) is 2.00. The first kappa shape index (κ1) is 10.6. The van der Waals surface area contributed by atoms with Gasteiger partial charge in [-0.3, -0.25) is 4.79 Å². The van der Waals surface area contributed by atoms with Crippen molar-refractivity contribution in [2.24, 2.45) is 0 Å². The van der Waals surface area contributed by atoms with Crippen molar-refractivity contribution in [1.29, 1.82) is 0 Å². The van der Waals surface area contributed by atoms with Crippen molar-refractivity contribution in [3.05, 3.63) is 36.5 Å². The van der Waals surface area contributed by atoms with Crippen molar-refractivity contribution in [2.75, 3.05) is 18.5 Å². The van der Waals surface area contributed by atoms with Gasteiger partial charge in [0.15, 0.2) is 17.9 Å². The number of hydrogen-bond acceptors (Lipinski definition) is 5. The van der Waals surface area contributed by atoms with Crippen LogP contribution >= 0.6 is 0 Å². The molecule has 3 rings (SSSR count). The first-order valence-corrected chi connectivity index (χ1v) is 5.42. The summed E-state index contributed by atoms with van der Waals surface area (Å²) in [5, 5.41) is 2.69. The van der Waals surface area contributed by atoms with Crippen LogP contribution in [0.4, 0.5) is 5.69 Å². The van der Waals surface area contributed by atoms with E-state index in [0.717, 1.165) is 0 Å². The largest absolute Gasteiger partial charge is 0.486 e. The van der Waals surface area contributed by atoms with Crippen molar-refractivity contribution < 1.29 is 18.7 Å². The van der Waals surface area contributed by atoms with Gasteiger partial charge in [0.1, 0.15) is 13.2 Å². The molecule has 0 saturated heterocycles. The smallest absolute Gasteiger partial charge is 0.293 e. The van der Waals surface area contributed by atoms with Crippen molar-refractivity contribution >= 4 is 11.6 Å². The van der Waals surface area contributed by atoms with E-state index in [2.05, 4.69) is 10.3 Å². The Morgan fingerprint density at radius 3 is 2.83 bits per heavy atom. The highest BCUT2D eigenvalue weighted by atomic mass is 16.6. The number of nitrogens with zero attached hydrogens (tertiary/aromatic N) is 1. The quantitative estimate of drug-likeness (QED) is 0.872. The normalized spacial score (nSPS) is 13.1. The van der Waals surface area contributed by atoms with Crippen LogP contribution in [0.1, 0.15) is 10.6 Å². The zero-order valence-electron chi connectivity index (χ0n) is 9.38. The lowest BCUT2D eigenvalue weighted by atomic mass is 10.2. The highest BCUT2D eigenvalue weighted by Crippen LogP contribution is 2.32. The first-order chi connectivity index (χ1) is 8.83. The van der Waals surface area contributed by atoms with Gasteiger partial charge in [-0.15, -0.1) is 0 Å². The van der Waals surface area contributed by atoms with E-state index < -0.39 is 0 Å². The molecule has 0 spiro atoms. The summed E-state index contributed by atoms with van der Waals surface area (Å²) in [6, 6.07) is 5.20.